The molecule has 1 saturated heterocycles. The number of amides is 2. The van der Waals surface area contributed by atoms with Gasteiger partial charge in [-0.05, 0) is 52.2 Å². The van der Waals surface area contributed by atoms with Crippen molar-refractivity contribution in [2.24, 2.45) is 0 Å². The lowest BCUT2D eigenvalue weighted by Gasteiger charge is -2.39. The third-order valence-electron chi connectivity index (χ3n) is 5.38. The molecule has 2 heterocycles. The van der Waals surface area contributed by atoms with Crippen LogP contribution < -0.4 is 10.4 Å². The van der Waals surface area contributed by atoms with Crippen molar-refractivity contribution >= 4 is 30.3 Å². The number of nitrogens with zero attached hydrogens (tertiary/aromatic N) is 3. The molecule has 3 rings (SSSR count). The quantitative estimate of drug-likeness (QED) is 0.629. The summed E-state index contributed by atoms with van der Waals surface area (Å²) in [5.74, 6) is -0.0447. The molecule has 2 amide bonds. The van der Waals surface area contributed by atoms with Gasteiger partial charge in [0.2, 0.25) is 0 Å². The number of piperidine rings is 1. The molecule has 1 aliphatic heterocycles. The Labute approximate surface area is 191 Å². The van der Waals surface area contributed by atoms with E-state index in [0.717, 1.165) is 17.7 Å². The minimum atomic E-state index is -5.15. The lowest BCUT2D eigenvalue weighted by molar-refractivity contribution is 0.0196. The lowest BCUT2D eigenvalue weighted by Crippen LogP contribution is -2.53. The van der Waals surface area contributed by atoms with Gasteiger partial charge in [-0.15, -0.1) is 5.46 Å². The Kier molecular flexibility index (Phi) is 7.04. The van der Waals surface area contributed by atoms with Gasteiger partial charge in [-0.1, -0.05) is 30.3 Å². The molecule has 1 aromatic carbocycles. The van der Waals surface area contributed by atoms with Crippen molar-refractivity contribution in [3.8, 4) is 0 Å². The molecule has 0 spiro atoms. The third kappa shape index (κ3) is 6.06. The van der Waals surface area contributed by atoms with Crippen LogP contribution in [0, 0.1) is 6.92 Å². The van der Waals surface area contributed by atoms with Crippen LogP contribution in [-0.4, -0.2) is 53.6 Å². The third-order valence-corrected chi connectivity index (χ3v) is 5.38. The van der Waals surface area contributed by atoms with E-state index in [1.54, 1.807) is 37.9 Å². The first kappa shape index (κ1) is 24.6. The highest BCUT2D eigenvalue weighted by Gasteiger charge is 2.35. The fraction of sp³-hybridized carbons (Fsp3) is 0.435. The van der Waals surface area contributed by atoms with E-state index in [1.807, 2.05) is 13.0 Å². The van der Waals surface area contributed by atoms with Crippen molar-refractivity contribution in [3.05, 3.63) is 53.7 Å². The molecular weight excluding hydrogens is 434 g/mol. The zero-order chi connectivity index (χ0) is 24.4. The number of benzene rings is 1. The molecule has 1 aromatic heterocycles. The predicted molar refractivity (Wildman–Crippen MR) is 122 cm³/mol. The predicted octanol–water partition coefficient (Wildman–Crippen LogP) is 4.49. The molecule has 6 nitrogen and oxygen atoms in total. The molecule has 0 unspecified atom stereocenters. The summed E-state index contributed by atoms with van der Waals surface area (Å²) in [6, 6.07) is 7.37. The Balaban J connectivity index is 1.93. The zero-order valence-corrected chi connectivity index (χ0v) is 19.2. The molecule has 0 bridgehead atoms. The average Bonchev–Trinajstić information content (AvgIpc) is 2.74. The summed E-state index contributed by atoms with van der Waals surface area (Å²) >= 11 is 0. The lowest BCUT2D eigenvalue weighted by atomic mass is 9.80. The number of pyridine rings is 1. The number of halogens is 3. The van der Waals surface area contributed by atoms with Gasteiger partial charge in [0.1, 0.15) is 11.4 Å². The summed E-state index contributed by atoms with van der Waals surface area (Å²) in [5.41, 5.74) is -0.548. The molecule has 33 heavy (non-hydrogen) atoms. The Bertz CT molecular complexity index is 1010. The van der Waals surface area contributed by atoms with Crippen molar-refractivity contribution in [2.45, 2.75) is 52.2 Å². The van der Waals surface area contributed by atoms with Gasteiger partial charge >= 0.3 is 13.1 Å². The molecule has 178 valence electrons. The average molecular weight is 462 g/mol. The van der Waals surface area contributed by atoms with E-state index in [9.17, 15) is 22.5 Å². The van der Waals surface area contributed by atoms with Gasteiger partial charge in [0, 0.05) is 24.8 Å². The number of rotatable bonds is 4. The van der Waals surface area contributed by atoms with Crippen molar-refractivity contribution in [1.82, 2.24) is 9.88 Å². The molecule has 1 atom stereocenters. The van der Waals surface area contributed by atoms with Gasteiger partial charge in [0.15, 0.2) is 0 Å². The summed E-state index contributed by atoms with van der Waals surface area (Å²) in [6.45, 7) is 2.74. The van der Waals surface area contributed by atoms with E-state index in [0.29, 0.717) is 25.2 Å². The first-order valence-electron chi connectivity index (χ1n) is 10.9. The molecule has 0 radical (unpaired) electrons. The summed E-state index contributed by atoms with van der Waals surface area (Å²) in [6.07, 6.45) is 2.36. The maximum Gasteiger partial charge on any atom is 0.509 e. The van der Waals surface area contributed by atoms with Crippen LogP contribution in [0.2, 0.25) is 0 Å². The van der Waals surface area contributed by atoms with Gasteiger partial charge in [-0.2, -0.15) is 0 Å². The number of anilines is 1. The van der Waals surface area contributed by atoms with Gasteiger partial charge < -0.3 is 22.6 Å². The van der Waals surface area contributed by atoms with E-state index < -0.39 is 36.1 Å². The van der Waals surface area contributed by atoms with E-state index in [4.69, 9.17) is 4.74 Å². The van der Waals surface area contributed by atoms with Crippen LogP contribution in [0.5, 0.6) is 0 Å². The maximum absolute atomic E-state index is 13.5. The molecule has 0 N–H and O–H groups in total. The monoisotopic (exact) mass is 462 g/mol. The van der Waals surface area contributed by atoms with E-state index in [-0.39, 0.29) is 12.1 Å². The Hall–Kier alpha value is -3.04. The largest absolute Gasteiger partial charge is 0.509 e. The zero-order valence-electron chi connectivity index (χ0n) is 19.2. The standard InChI is InChI=1S/C23H28BF3N3O3/c1-16-7-5-13-28-20(16)30(21(31)17-9-11-18(12-10-17)24(25,26)27)19-8-6-14-29(15-19)22(32)33-23(2,3)4/h5,7,9-13,19H,6,8,14-15H2,1-4H3/q-1/t19-/m1/s1. The normalized spacial score (nSPS) is 16.9. The fourth-order valence-corrected chi connectivity index (χ4v) is 3.81. The highest BCUT2D eigenvalue weighted by atomic mass is 19.4. The Morgan fingerprint density at radius 1 is 1.15 bits per heavy atom. The summed E-state index contributed by atoms with van der Waals surface area (Å²) in [5, 5.41) is 0. The Morgan fingerprint density at radius 3 is 2.39 bits per heavy atom. The number of aryl methyl sites for hydroxylation is 1. The van der Waals surface area contributed by atoms with Crippen LogP contribution in [0.1, 0.15) is 49.5 Å². The van der Waals surface area contributed by atoms with Gasteiger partial charge in [0.05, 0.1) is 6.04 Å². The molecule has 2 aromatic rings. The second kappa shape index (κ2) is 9.45. The summed E-state index contributed by atoms with van der Waals surface area (Å²) in [7, 11) is 0. The van der Waals surface area contributed by atoms with Crippen molar-refractivity contribution in [2.75, 3.05) is 18.0 Å². The highest BCUT2D eigenvalue weighted by Crippen LogP contribution is 2.27. The van der Waals surface area contributed by atoms with Crippen LogP contribution >= 0.6 is 0 Å². The molecule has 1 aliphatic rings. The van der Waals surface area contributed by atoms with E-state index in [2.05, 4.69) is 4.98 Å². The fourth-order valence-electron chi connectivity index (χ4n) is 3.81. The van der Waals surface area contributed by atoms with Crippen LogP contribution in [0.25, 0.3) is 0 Å². The second-order valence-electron chi connectivity index (χ2n) is 9.24. The molecule has 10 heteroatoms. The Morgan fingerprint density at radius 2 is 1.82 bits per heavy atom. The number of aromatic nitrogens is 1. The number of carbonyl (C=O) groups is 2. The van der Waals surface area contributed by atoms with Crippen LogP contribution in [0.15, 0.2) is 42.6 Å². The van der Waals surface area contributed by atoms with E-state index in [1.165, 1.54) is 17.0 Å². The maximum atomic E-state index is 13.5. The van der Waals surface area contributed by atoms with Crippen molar-refractivity contribution in [1.29, 1.82) is 0 Å². The van der Waals surface area contributed by atoms with Crippen LogP contribution in [0.4, 0.5) is 23.6 Å². The van der Waals surface area contributed by atoms with Crippen molar-refractivity contribution in [3.63, 3.8) is 0 Å². The number of ether oxygens (including phenoxy) is 1. The molecule has 0 aliphatic carbocycles. The number of hydrogen-bond acceptors (Lipinski definition) is 4. The minimum absolute atomic E-state index is 0.123. The first-order valence-corrected chi connectivity index (χ1v) is 10.9. The van der Waals surface area contributed by atoms with Crippen LogP contribution in [-0.2, 0) is 4.74 Å². The second-order valence-corrected chi connectivity index (χ2v) is 9.24. The first-order chi connectivity index (χ1) is 15.4. The molecule has 1 fully saturated rings. The highest BCUT2D eigenvalue weighted by molar-refractivity contribution is 6.73. The van der Waals surface area contributed by atoms with Gasteiger partial charge in [-0.25, -0.2) is 9.78 Å². The van der Waals surface area contributed by atoms with Crippen molar-refractivity contribution < 1.29 is 27.3 Å². The number of hydrogen-bond donors (Lipinski definition) is 0. The molecule has 0 saturated carbocycles. The number of carbonyl (C=O) groups excluding carboxylic acids is 2. The smallest absolute Gasteiger partial charge is 0.445 e. The summed E-state index contributed by atoms with van der Waals surface area (Å²) < 4.78 is 44.6. The minimum Gasteiger partial charge on any atom is -0.445 e. The van der Waals surface area contributed by atoms with Crippen LogP contribution in [0.3, 0.4) is 0 Å². The van der Waals surface area contributed by atoms with Gasteiger partial charge in [-0.3, -0.25) is 9.69 Å². The van der Waals surface area contributed by atoms with E-state index >= 15 is 0 Å². The van der Waals surface area contributed by atoms with Gasteiger partial charge in [0.25, 0.3) is 5.91 Å². The SMILES string of the molecule is Cc1cccnc1N(C(=O)c1ccc([B-](F)(F)F)cc1)[C@@H]1CCCN(C(=O)OC(C)(C)C)C1. The summed E-state index contributed by atoms with van der Waals surface area (Å²) in [4.78, 5) is 33.6. The topological polar surface area (TPSA) is 62.7 Å². The number of likely N-dealkylation sites (tertiary alicyclic amines) is 1. The molecular formula is C23H28BF3N3O3-.